The monoisotopic (exact) mass is 532 g/mol. The highest BCUT2D eigenvalue weighted by atomic mass is 19.1. The molecule has 4 rings (SSSR count). The number of pyridine rings is 1. The highest BCUT2D eigenvalue weighted by molar-refractivity contribution is 5.85. The molecule has 1 aliphatic rings. The molecular weight excluding hydrogens is 501 g/mol. The number of carbonyl (C=O) groups is 1. The molecule has 2 N–H and O–H groups in total. The number of halogens is 3. The number of hydrogen-bond acceptors (Lipinski definition) is 6. The van der Waals surface area contributed by atoms with Gasteiger partial charge in [0.2, 0.25) is 0 Å². The van der Waals surface area contributed by atoms with Gasteiger partial charge in [0.15, 0.2) is 0 Å². The molecule has 0 spiro atoms. The Morgan fingerprint density at radius 3 is 2.47 bits per heavy atom. The van der Waals surface area contributed by atoms with E-state index < -0.39 is 35.8 Å². The van der Waals surface area contributed by atoms with Crippen LogP contribution in [-0.2, 0) is 11.5 Å². The lowest BCUT2D eigenvalue weighted by molar-refractivity contribution is -0.153. The summed E-state index contributed by atoms with van der Waals surface area (Å²) >= 11 is 0. The lowest BCUT2D eigenvalue weighted by Crippen LogP contribution is -2.45. The van der Waals surface area contributed by atoms with Gasteiger partial charge in [0.1, 0.15) is 36.4 Å². The minimum absolute atomic E-state index is 0.0993. The number of aromatic nitrogens is 1. The number of alkyl halides is 1. The number of fused-ring (bicyclic) bond motifs is 1. The number of rotatable bonds is 11. The Kier molecular flexibility index (Phi) is 8.73. The predicted octanol–water partition coefficient (Wildman–Crippen LogP) is 5.05. The van der Waals surface area contributed by atoms with Crippen LogP contribution in [-0.4, -0.2) is 59.4 Å². The van der Waals surface area contributed by atoms with Crippen molar-refractivity contribution in [2.45, 2.75) is 38.5 Å². The van der Waals surface area contributed by atoms with Crippen LogP contribution in [0.2, 0.25) is 0 Å². The summed E-state index contributed by atoms with van der Waals surface area (Å²) in [4.78, 5) is 18.6. The van der Waals surface area contributed by atoms with Crippen LogP contribution in [0.4, 0.5) is 13.2 Å². The molecule has 1 atom stereocenters. The Hall–Kier alpha value is -3.37. The zero-order chi connectivity index (χ0) is 27.3. The van der Waals surface area contributed by atoms with Crippen molar-refractivity contribution < 1.29 is 37.7 Å². The number of aliphatic carboxylic acids is 1. The van der Waals surface area contributed by atoms with E-state index in [4.69, 9.17) is 9.47 Å². The van der Waals surface area contributed by atoms with Gasteiger partial charge in [0.25, 0.3) is 0 Å². The van der Waals surface area contributed by atoms with E-state index in [1.165, 1.54) is 13.3 Å². The number of methoxy groups -OCH3 is 1. The summed E-state index contributed by atoms with van der Waals surface area (Å²) in [5, 5.41) is 21.8. The summed E-state index contributed by atoms with van der Waals surface area (Å²) < 4.78 is 51.2. The van der Waals surface area contributed by atoms with Crippen molar-refractivity contribution in [3.05, 3.63) is 65.4 Å². The summed E-state index contributed by atoms with van der Waals surface area (Å²) in [7, 11) is 1.51. The van der Waals surface area contributed by atoms with Gasteiger partial charge in [-0.1, -0.05) is 0 Å². The molecule has 10 heteroatoms. The molecule has 38 heavy (non-hydrogen) atoms. The number of likely N-dealkylation sites (tertiary alicyclic amines) is 1. The maximum absolute atomic E-state index is 13.8. The number of aliphatic hydroxyl groups excluding tert-OH is 1. The maximum Gasteiger partial charge on any atom is 0.309 e. The van der Waals surface area contributed by atoms with E-state index in [-0.39, 0.29) is 30.8 Å². The molecule has 204 valence electrons. The zero-order valence-corrected chi connectivity index (χ0v) is 21.1. The second-order valence-electron chi connectivity index (χ2n) is 9.65. The predicted molar refractivity (Wildman–Crippen MR) is 135 cm³/mol. The molecule has 0 amide bonds. The normalized spacial score (nSPS) is 16.3. The van der Waals surface area contributed by atoms with Gasteiger partial charge >= 0.3 is 5.97 Å². The zero-order valence-electron chi connectivity index (χ0n) is 21.1. The van der Waals surface area contributed by atoms with Crippen molar-refractivity contribution in [2.24, 2.45) is 5.41 Å². The fraction of sp³-hybridized carbons (Fsp3) is 0.429. The smallest absolute Gasteiger partial charge is 0.309 e. The molecule has 1 saturated heterocycles. The Bertz CT molecular complexity index is 1260. The number of benzene rings is 2. The average molecular weight is 533 g/mol. The third-order valence-corrected chi connectivity index (χ3v) is 7.35. The summed E-state index contributed by atoms with van der Waals surface area (Å²) in [5.74, 6) is -1.72. The summed E-state index contributed by atoms with van der Waals surface area (Å²) in [6, 6.07) is 8.15. The van der Waals surface area contributed by atoms with E-state index in [1.807, 2.05) is 4.90 Å². The Balaban J connectivity index is 1.39. The minimum atomic E-state index is -1.08. The molecule has 2 aromatic carbocycles. The van der Waals surface area contributed by atoms with E-state index in [9.17, 15) is 28.2 Å². The van der Waals surface area contributed by atoms with E-state index >= 15 is 0 Å². The molecule has 1 fully saturated rings. The van der Waals surface area contributed by atoms with Gasteiger partial charge in [-0.15, -0.1) is 0 Å². The highest BCUT2D eigenvalue weighted by Crippen LogP contribution is 2.40. The summed E-state index contributed by atoms with van der Waals surface area (Å²) in [5.41, 5.74) is 0.220. The first-order valence-electron chi connectivity index (χ1n) is 12.5. The van der Waals surface area contributed by atoms with Crippen LogP contribution in [0.15, 0.2) is 42.6 Å². The Morgan fingerprint density at radius 2 is 1.84 bits per heavy atom. The molecule has 2 heterocycles. The van der Waals surface area contributed by atoms with Gasteiger partial charge in [-0.25, -0.2) is 13.2 Å². The van der Waals surface area contributed by atoms with Crippen LogP contribution < -0.4 is 9.47 Å². The van der Waals surface area contributed by atoms with Gasteiger partial charge in [-0.3, -0.25) is 14.7 Å². The van der Waals surface area contributed by atoms with Crippen molar-refractivity contribution in [3.8, 4) is 11.5 Å². The number of aliphatic hydroxyl groups is 1. The fourth-order valence-corrected chi connectivity index (χ4v) is 5.10. The topological polar surface area (TPSA) is 92.1 Å². The molecule has 1 aliphatic heterocycles. The van der Waals surface area contributed by atoms with E-state index in [0.29, 0.717) is 54.7 Å². The van der Waals surface area contributed by atoms with Gasteiger partial charge in [-0.05, 0) is 62.5 Å². The molecule has 0 unspecified atom stereocenters. The summed E-state index contributed by atoms with van der Waals surface area (Å²) in [6.45, 7) is 0.853. The Labute approximate surface area is 218 Å². The lowest BCUT2D eigenvalue weighted by atomic mass is 9.74. The number of carboxylic acid groups (broad SMARTS) is 1. The SMILES string of the molecule is COc1ccc2ncc(CF)c([C@@H](O)CCC3(C(=O)O)CCN(CCOc4cc(F)cc(F)c4)CC3)c2c1. The molecule has 7 nitrogen and oxygen atoms in total. The van der Waals surface area contributed by atoms with Gasteiger partial charge < -0.3 is 19.7 Å². The van der Waals surface area contributed by atoms with Gasteiger partial charge in [0.05, 0.1) is 24.1 Å². The lowest BCUT2D eigenvalue weighted by Gasteiger charge is -2.39. The van der Waals surface area contributed by atoms with Crippen LogP contribution in [0.5, 0.6) is 11.5 Å². The van der Waals surface area contributed by atoms with Crippen molar-refractivity contribution >= 4 is 16.9 Å². The summed E-state index contributed by atoms with van der Waals surface area (Å²) in [6.07, 6.45) is 1.42. The molecule has 3 aromatic rings. The highest BCUT2D eigenvalue weighted by Gasteiger charge is 2.41. The largest absolute Gasteiger partial charge is 0.497 e. The number of ether oxygens (including phenoxy) is 2. The quantitative estimate of drug-likeness (QED) is 0.357. The van der Waals surface area contributed by atoms with Crippen molar-refractivity contribution in [1.29, 1.82) is 0 Å². The molecule has 0 radical (unpaired) electrons. The Morgan fingerprint density at radius 1 is 1.13 bits per heavy atom. The van der Waals surface area contributed by atoms with Crippen LogP contribution in [0, 0.1) is 17.0 Å². The third kappa shape index (κ3) is 6.19. The first-order chi connectivity index (χ1) is 18.2. The van der Waals surface area contributed by atoms with E-state index in [2.05, 4.69) is 4.98 Å². The molecule has 0 bridgehead atoms. The van der Waals surface area contributed by atoms with Crippen molar-refractivity contribution in [2.75, 3.05) is 33.4 Å². The molecule has 0 saturated carbocycles. The molecule has 0 aliphatic carbocycles. The molecular formula is C28H31F3N2O5. The average Bonchev–Trinajstić information content (AvgIpc) is 2.90. The van der Waals surface area contributed by atoms with Crippen LogP contribution >= 0.6 is 0 Å². The van der Waals surface area contributed by atoms with Crippen molar-refractivity contribution in [3.63, 3.8) is 0 Å². The fourth-order valence-electron chi connectivity index (χ4n) is 5.10. The van der Waals surface area contributed by atoms with Gasteiger partial charge in [-0.2, -0.15) is 0 Å². The molecule has 1 aromatic heterocycles. The van der Waals surface area contributed by atoms with Crippen molar-refractivity contribution in [1.82, 2.24) is 9.88 Å². The first kappa shape index (κ1) is 27.7. The second-order valence-corrected chi connectivity index (χ2v) is 9.65. The standard InChI is InChI=1S/C28H31F3N2O5/c1-37-21-2-3-24-23(15-21)26(18(16-29)17-32-24)25(34)4-5-28(27(35)36)6-8-33(9-7-28)10-11-38-22-13-19(30)12-20(31)14-22/h2-3,12-15,17,25,34H,4-11,16H2,1H3,(H,35,36)/t25-/m0/s1. The van der Waals surface area contributed by atoms with Crippen LogP contribution in [0.3, 0.4) is 0 Å². The first-order valence-corrected chi connectivity index (χ1v) is 12.5. The maximum atomic E-state index is 13.8. The minimum Gasteiger partial charge on any atom is -0.497 e. The van der Waals surface area contributed by atoms with E-state index in [1.54, 1.807) is 18.2 Å². The van der Waals surface area contributed by atoms with Crippen LogP contribution in [0.25, 0.3) is 10.9 Å². The van der Waals surface area contributed by atoms with Gasteiger partial charge in [0, 0.05) is 41.9 Å². The second kappa shape index (κ2) is 12.0. The van der Waals surface area contributed by atoms with E-state index in [0.717, 1.165) is 18.2 Å². The number of piperidine rings is 1. The third-order valence-electron chi connectivity index (χ3n) is 7.35. The van der Waals surface area contributed by atoms with Crippen LogP contribution in [0.1, 0.15) is 42.9 Å². The number of hydrogen-bond donors (Lipinski definition) is 2. The number of nitrogens with zero attached hydrogens (tertiary/aromatic N) is 2. The number of carboxylic acids is 1.